The summed E-state index contributed by atoms with van der Waals surface area (Å²) in [6.45, 7) is 5.42. The van der Waals surface area contributed by atoms with E-state index in [1.165, 1.54) is 0 Å². The molecule has 1 aromatic carbocycles. The van der Waals surface area contributed by atoms with Gasteiger partial charge in [-0.1, -0.05) is 18.9 Å². The number of carbonyl (C=O) groups is 2. The Morgan fingerprint density at radius 2 is 1.73 bits per heavy atom. The summed E-state index contributed by atoms with van der Waals surface area (Å²) in [6.07, 6.45) is 7.97. The van der Waals surface area contributed by atoms with E-state index in [0.717, 1.165) is 37.8 Å². The molecule has 0 unspecified atom stereocenters. The van der Waals surface area contributed by atoms with Crippen molar-refractivity contribution in [3.8, 4) is 11.5 Å². The second kappa shape index (κ2) is 11.4. The number of oxazole rings is 1. The first-order chi connectivity index (χ1) is 15.8. The molecule has 0 aliphatic carbocycles. The maximum absolute atomic E-state index is 12.4. The summed E-state index contributed by atoms with van der Waals surface area (Å²) in [7, 11) is 0. The molecule has 7 heteroatoms. The molecule has 7 nitrogen and oxygen atoms in total. The van der Waals surface area contributed by atoms with E-state index in [1.807, 2.05) is 39.0 Å². The number of aryl methyl sites for hydroxylation is 1. The Bertz CT molecular complexity index is 1040. The number of Topliss-reactive ketones (excluding diaryl/α,β-unsaturated/α-hetero) is 1. The fourth-order valence-electron chi connectivity index (χ4n) is 3.27. The van der Waals surface area contributed by atoms with Gasteiger partial charge in [-0.25, -0.2) is 9.78 Å². The molecule has 0 saturated carbocycles. The number of ether oxygens (including phenoxy) is 1. The Kier molecular flexibility index (Phi) is 8.35. The van der Waals surface area contributed by atoms with Gasteiger partial charge in [0.05, 0.1) is 6.20 Å². The van der Waals surface area contributed by atoms with Gasteiger partial charge in [0.25, 0.3) is 0 Å². The van der Waals surface area contributed by atoms with Gasteiger partial charge in [-0.05, 0) is 70.0 Å². The van der Waals surface area contributed by atoms with Crippen LogP contribution in [0, 0.1) is 0 Å². The Labute approximate surface area is 194 Å². The molecule has 0 aliphatic rings. The fourth-order valence-corrected chi connectivity index (χ4v) is 3.27. The molecule has 1 amide bonds. The lowest BCUT2D eigenvalue weighted by molar-refractivity contribution is 0.0635. The number of aromatic nitrogens is 2. The van der Waals surface area contributed by atoms with Gasteiger partial charge in [0, 0.05) is 30.3 Å². The molecule has 3 aromatic rings. The van der Waals surface area contributed by atoms with Crippen molar-refractivity contribution in [1.82, 2.24) is 9.97 Å². The topological polar surface area (TPSA) is 94.3 Å². The van der Waals surface area contributed by atoms with Gasteiger partial charge >= 0.3 is 6.09 Å². The molecule has 0 saturated heterocycles. The fraction of sp³-hybridized carbons (Fsp3) is 0.385. The SMILES string of the molecule is CC(C)(C)OC(=O)Nc1ccc(C(=O)CCCCCCc2ncc(-c3ccccn3)o2)cc1. The van der Waals surface area contributed by atoms with Gasteiger partial charge in [-0.2, -0.15) is 0 Å². The zero-order chi connectivity index (χ0) is 23.7. The summed E-state index contributed by atoms with van der Waals surface area (Å²) in [6, 6.07) is 12.6. The summed E-state index contributed by atoms with van der Waals surface area (Å²) in [5, 5.41) is 2.67. The molecule has 33 heavy (non-hydrogen) atoms. The van der Waals surface area contributed by atoms with Crippen molar-refractivity contribution in [2.45, 2.75) is 64.9 Å². The molecule has 1 N–H and O–H groups in total. The van der Waals surface area contributed by atoms with Crippen molar-refractivity contribution < 1.29 is 18.7 Å². The highest BCUT2D eigenvalue weighted by atomic mass is 16.6. The molecule has 0 fully saturated rings. The highest BCUT2D eigenvalue weighted by Gasteiger charge is 2.16. The zero-order valence-corrected chi connectivity index (χ0v) is 19.5. The Morgan fingerprint density at radius 1 is 0.970 bits per heavy atom. The van der Waals surface area contributed by atoms with Crippen LogP contribution >= 0.6 is 0 Å². The number of anilines is 1. The lowest BCUT2D eigenvalue weighted by Gasteiger charge is -2.19. The molecule has 0 bridgehead atoms. The van der Waals surface area contributed by atoms with E-state index >= 15 is 0 Å². The molecule has 2 aromatic heterocycles. The van der Waals surface area contributed by atoms with E-state index in [2.05, 4.69) is 15.3 Å². The van der Waals surface area contributed by atoms with Crippen LogP contribution in [0.25, 0.3) is 11.5 Å². The number of benzene rings is 1. The molecular weight excluding hydrogens is 418 g/mol. The van der Waals surface area contributed by atoms with Gasteiger partial charge in [0.15, 0.2) is 17.4 Å². The average molecular weight is 450 g/mol. The van der Waals surface area contributed by atoms with Gasteiger partial charge in [-0.15, -0.1) is 0 Å². The first-order valence-corrected chi connectivity index (χ1v) is 11.3. The highest BCUT2D eigenvalue weighted by Crippen LogP contribution is 2.19. The summed E-state index contributed by atoms with van der Waals surface area (Å²) < 4.78 is 11.0. The van der Waals surface area contributed by atoms with E-state index in [9.17, 15) is 9.59 Å². The molecule has 3 rings (SSSR count). The number of pyridine rings is 1. The van der Waals surface area contributed by atoms with Crippen LogP contribution in [-0.2, 0) is 11.2 Å². The predicted octanol–water partition coefficient (Wildman–Crippen LogP) is 6.46. The van der Waals surface area contributed by atoms with E-state index in [-0.39, 0.29) is 5.78 Å². The van der Waals surface area contributed by atoms with Crippen molar-refractivity contribution >= 4 is 17.6 Å². The van der Waals surface area contributed by atoms with Crippen LogP contribution in [0.15, 0.2) is 59.3 Å². The quantitative estimate of drug-likeness (QED) is 0.282. The van der Waals surface area contributed by atoms with Crippen LogP contribution < -0.4 is 5.32 Å². The summed E-state index contributed by atoms with van der Waals surface area (Å²) in [4.78, 5) is 32.8. The number of nitrogens with one attached hydrogen (secondary N) is 1. The van der Waals surface area contributed by atoms with Gasteiger partial charge in [0.1, 0.15) is 11.3 Å². The number of unbranched alkanes of at least 4 members (excludes halogenated alkanes) is 3. The Balaban J connectivity index is 1.33. The van der Waals surface area contributed by atoms with Crippen molar-refractivity contribution in [1.29, 1.82) is 0 Å². The maximum atomic E-state index is 12.4. The molecule has 174 valence electrons. The molecule has 0 radical (unpaired) electrons. The minimum absolute atomic E-state index is 0.103. The third kappa shape index (κ3) is 8.18. The lowest BCUT2D eigenvalue weighted by atomic mass is 10.0. The van der Waals surface area contributed by atoms with E-state index in [0.29, 0.717) is 29.3 Å². The number of nitrogens with zero attached hydrogens (tertiary/aromatic N) is 2. The minimum atomic E-state index is -0.558. The van der Waals surface area contributed by atoms with Crippen molar-refractivity contribution in [3.63, 3.8) is 0 Å². The Hall–Kier alpha value is -3.48. The number of hydrogen-bond donors (Lipinski definition) is 1. The third-order valence-electron chi connectivity index (χ3n) is 4.87. The highest BCUT2D eigenvalue weighted by molar-refractivity contribution is 5.96. The standard InChI is InChI=1S/C26H31N3O4/c1-26(2,3)33-25(31)29-20-15-13-19(14-16-20)22(30)11-6-4-5-7-12-24-28-18-23(32-24)21-10-8-9-17-27-21/h8-10,13-18H,4-7,11-12H2,1-3H3,(H,29,31). The van der Waals surface area contributed by atoms with Crippen molar-refractivity contribution in [2.75, 3.05) is 5.32 Å². The molecular formula is C26H31N3O4. The first-order valence-electron chi connectivity index (χ1n) is 11.3. The summed E-state index contributed by atoms with van der Waals surface area (Å²) in [5.74, 6) is 1.50. The van der Waals surface area contributed by atoms with Gasteiger partial charge in [-0.3, -0.25) is 15.1 Å². The monoisotopic (exact) mass is 449 g/mol. The average Bonchev–Trinajstić information content (AvgIpc) is 3.25. The predicted molar refractivity (Wildman–Crippen MR) is 127 cm³/mol. The normalized spacial score (nSPS) is 11.2. The van der Waals surface area contributed by atoms with E-state index < -0.39 is 11.7 Å². The number of ketones is 1. The number of rotatable bonds is 10. The van der Waals surface area contributed by atoms with Crippen molar-refractivity contribution in [2.24, 2.45) is 0 Å². The third-order valence-corrected chi connectivity index (χ3v) is 4.87. The summed E-state index contributed by atoms with van der Waals surface area (Å²) >= 11 is 0. The number of hydrogen-bond acceptors (Lipinski definition) is 6. The largest absolute Gasteiger partial charge is 0.444 e. The van der Waals surface area contributed by atoms with Crippen LogP contribution in [-0.4, -0.2) is 27.4 Å². The molecule has 0 atom stereocenters. The van der Waals surface area contributed by atoms with Crippen LogP contribution in [0.5, 0.6) is 0 Å². The van der Waals surface area contributed by atoms with Crippen LogP contribution in [0.1, 0.15) is 69.1 Å². The van der Waals surface area contributed by atoms with Crippen LogP contribution in [0.3, 0.4) is 0 Å². The van der Waals surface area contributed by atoms with Crippen molar-refractivity contribution in [3.05, 3.63) is 66.3 Å². The molecule has 0 spiro atoms. The maximum Gasteiger partial charge on any atom is 0.412 e. The van der Waals surface area contributed by atoms with Crippen LogP contribution in [0.2, 0.25) is 0 Å². The van der Waals surface area contributed by atoms with E-state index in [4.69, 9.17) is 9.15 Å². The molecule has 2 heterocycles. The second-order valence-electron chi connectivity index (χ2n) is 8.87. The Morgan fingerprint density at radius 3 is 2.42 bits per heavy atom. The van der Waals surface area contributed by atoms with E-state index in [1.54, 1.807) is 36.7 Å². The lowest BCUT2D eigenvalue weighted by Crippen LogP contribution is -2.27. The van der Waals surface area contributed by atoms with Gasteiger partial charge in [0.2, 0.25) is 0 Å². The number of amides is 1. The minimum Gasteiger partial charge on any atom is -0.444 e. The zero-order valence-electron chi connectivity index (χ0n) is 19.5. The molecule has 0 aliphatic heterocycles. The van der Waals surface area contributed by atoms with Crippen LogP contribution in [0.4, 0.5) is 10.5 Å². The second-order valence-corrected chi connectivity index (χ2v) is 8.87. The number of carbonyl (C=O) groups excluding carboxylic acids is 2. The van der Waals surface area contributed by atoms with Gasteiger partial charge < -0.3 is 9.15 Å². The summed E-state index contributed by atoms with van der Waals surface area (Å²) in [5.41, 5.74) is 1.46. The smallest absolute Gasteiger partial charge is 0.412 e. The first kappa shape index (κ1) is 24.2.